The number of methoxy groups -OCH3 is 1. The van der Waals surface area contributed by atoms with Gasteiger partial charge in [0.05, 0.1) is 25.3 Å². The van der Waals surface area contributed by atoms with Gasteiger partial charge in [-0.1, -0.05) is 29.8 Å². The predicted octanol–water partition coefficient (Wildman–Crippen LogP) is 2.54. The first-order valence-corrected chi connectivity index (χ1v) is 10.2. The number of rotatable bonds is 7. The number of fused-ring (bicyclic) bond motifs is 1. The number of aromatic nitrogens is 3. The van der Waals surface area contributed by atoms with E-state index in [4.69, 9.17) is 4.74 Å². The Morgan fingerprint density at radius 2 is 1.87 bits per heavy atom. The average Bonchev–Trinajstić information content (AvgIpc) is 3.01. The van der Waals surface area contributed by atoms with E-state index in [9.17, 15) is 14.4 Å². The zero-order chi connectivity index (χ0) is 22.7. The van der Waals surface area contributed by atoms with Gasteiger partial charge in [-0.15, -0.1) is 0 Å². The van der Waals surface area contributed by atoms with Crippen LogP contribution < -0.4 is 10.9 Å². The highest BCUT2D eigenvalue weighted by Gasteiger charge is 2.20. The van der Waals surface area contributed by atoms with E-state index < -0.39 is 12.0 Å². The molecular weight excluding hydrogens is 396 g/mol. The summed E-state index contributed by atoms with van der Waals surface area (Å²) >= 11 is 0. The Morgan fingerprint density at radius 1 is 1.19 bits per heavy atom. The molecule has 2 N–H and O–H groups in total. The van der Waals surface area contributed by atoms with E-state index in [1.54, 1.807) is 11.7 Å². The molecule has 1 aromatic carbocycles. The van der Waals surface area contributed by atoms with Crippen LogP contribution in [0, 0.1) is 20.8 Å². The first kappa shape index (κ1) is 22.3. The van der Waals surface area contributed by atoms with Crippen LogP contribution in [0.3, 0.4) is 0 Å². The molecule has 3 aromatic rings. The van der Waals surface area contributed by atoms with Gasteiger partial charge >= 0.3 is 5.97 Å². The van der Waals surface area contributed by atoms with E-state index in [0.717, 1.165) is 27.8 Å². The Hall–Kier alpha value is -3.42. The molecule has 0 radical (unpaired) electrons. The SMILES string of the molecule is COC(=O)C[C@H](NC(=O)CCc1c(C)c2c(C)nn(C)c2[nH]c1=O)c1ccc(C)cc1. The molecule has 0 unspecified atom stereocenters. The van der Waals surface area contributed by atoms with E-state index in [2.05, 4.69) is 15.4 Å². The average molecular weight is 425 g/mol. The zero-order valence-corrected chi connectivity index (χ0v) is 18.5. The molecule has 0 aliphatic rings. The maximum absolute atomic E-state index is 12.7. The monoisotopic (exact) mass is 424 g/mol. The van der Waals surface area contributed by atoms with Crippen molar-refractivity contribution in [3.05, 3.63) is 62.6 Å². The molecular formula is C23H28N4O4. The summed E-state index contributed by atoms with van der Waals surface area (Å²) in [5.74, 6) is -0.646. The molecule has 0 aliphatic heterocycles. The molecule has 0 bridgehead atoms. The number of carbonyl (C=O) groups is 2. The van der Waals surface area contributed by atoms with Gasteiger partial charge in [0.2, 0.25) is 5.91 Å². The first-order valence-electron chi connectivity index (χ1n) is 10.2. The van der Waals surface area contributed by atoms with Crippen molar-refractivity contribution in [3.8, 4) is 0 Å². The molecule has 1 amide bonds. The number of aryl methyl sites for hydroxylation is 4. The Morgan fingerprint density at radius 3 is 2.52 bits per heavy atom. The lowest BCUT2D eigenvalue weighted by atomic mass is 10.0. The van der Waals surface area contributed by atoms with Crippen LogP contribution >= 0.6 is 0 Å². The number of aromatic amines is 1. The third-order valence-corrected chi connectivity index (χ3v) is 5.57. The van der Waals surface area contributed by atoms with Gasteiger partial charge in [-0.3, -0.25) is 19.1 Å². The molecule has 2 aromatic heterocycles. The summed E-state index contributed by atoms with van der Waals surface area (Å²) in [5.41, 5.74) is 4.60. The molecule has 0 spiro atoms. The van der Waals surface area contributed by atoms with Crippen molar-refractivity contribution in [2.45, 2.75) is 46.1 Å². The molecule has 3 rings (SSSR count). The lowest BCUT2D eigenvalue weighted by Gasteiger charge is -2.18. The summed E-state index contributed by atoms with van der Waals surface area (Å²) < 4.78 is 6.43. The lowest BCUT2D eigenvalue weighted by Crippen LogP contribution is -2.31. The molecule has 0 fully saturated rings. The number of hydrogen-bond acceptors (Lipinski definition) is 5. The Balaban J connectivity index is 1.77. The van der Waals surface area contributed by atoms with Gasteiger partial charge in [0.15, 0.2) is 0 Å². The number of nitrogens with one attached hydrogen (secondary N) is 2. The number of pyridine rings is 1. The van der Waals surface area contributed by atoms with Crippen molar-refractivity contribution in [2.75, 3.05) is 7.11 Å². The summed E-state index contributed by atoms with van der Waals surface area (Å²) in [4.78, 5) is 40.0. The second-order valence-electron chi connectivity index (χ2n) is 7.80. The Bertz CT molecular complexity index is 1170. The summed E-state index contributed by atoms with van der Waals surface area (Å²) in [6, 6.07) is 7.14. The molecule has 1 atom stereocenters. The first-order chi connectivity index (χ1) is 14.7. The maximum Gasteiger partial charge on any atom is 0.307 e. The van der Waals surface area contributed by atoms with Crippen LogP contribution in [0.5, 0.6) is 0 Å². The number of amides is 1. The summed E-state index contributed by atoms with van der Waals surface area (Å²) in [5, 5.41) is 8.18. The van der Waals surface area contributed by atoms with E-state index in [1.165, 1.54) is 7.11 Å². The van der Waals surface area contributed by atoms with Crippen LogP contribution in [0.2, 0.25) is 0 Å². The van der Waals surface area contributed by atoms with Crippen LogP contribution in [-0.4, -0.2) is 33.8 Å². The highest BCUT2D eigenvalue weighted by molar-refractivity contribution is 5.83. The number of ether oxygens (including phenoxy) is 1. The molecule has 0 aliphatic carbocycles. The van der Waals surface area contributed by atoms with Gasteiger partial charge in [-0.2, -0.15) is 5.10 Å². The quantitative estimate of drug-likeness (QED) is 0.567. The number of carbonyl (C=O) groups excluding carboxylic acids is 2. The summed E-state index contributed by atoms with van der Waals surface area (Å²) in [6.07, 6.45) is 0.445. The minimum atomic E-state index is -0.497. The van der Waals surface area contributed by atoms with Crippen molar-refractivity contribution in [1.29, 1.82) is 0 Å². The topological polar surface area (TPSA) is 106 Å². The minimum Gasteiger partial charge on any atom is -0.469 e. The number of nitrogens with zero attached hydrogens (tertiary/aromatic N) is 2. The minimum absolute atomic E-state index is 0.0335. The number of esters is 1. The maximum atomic E-state index is 12.7. The molecule has 8 heteroatoms. The van der Waals surface area contributed by atoms with Crippen LogP contribution in [-0.2, 0) is 27.8 Å². The normalized spacial score (nSPS) is 12.0. The molecule has 2 heterocycles. The molecule has 31 heavy (non-hydrogen) atoms. The molecule has 164 valence electrons. The highest BCUT2D eigenvalue weighted by atomic mass is 16.5. The van der Waals surface area contributed by atoms with Gasteiger partial charge < -0.3 is 15.0 Å². The number of H-pyrrole nitrogens is 1. The van der Waals surface area contributed by atoms with Crippen molar-refractivity contribution in [2.24, 2.45) is 7.05 Å². The molecule has 0 saturated heterocycles. The van der Waals surface area contributed by atoms with E-state index in [1.807, 2.05) is 45.0 Å². The van der Waals surface area contributed by atoms with Crippen LogP contribution in [0.25, 0.3) is 11.0 Å². The van der Waals surface area contributed by atoms with Gasteiger partial charge in [0.1, 0.15) is 5.65 Å². The largest absolute Gasteiger partial charge is 0.469 e. The Kier molecular flexibility index (Phi) is 6.58. The van der Waals surface area contributed by atoms with Gasteiger partial charge in [0.25, 0.3) is 5.56 Å². The van der Waals surface area contributed by atoms with E-state index in [-0.39, 0.29) is 30.7 Å². The van der Waals surface area contributed by atoms with Crippen molar-refractivity contribution >= 4 is 22.9 Å². The summed E-state index contributed by atoms with van der Waals surface area (Å²) in [6.45, 7) is 5.74. The van der Waals surface area contributed by atoms with Gasteiger partial charge in [0, 0.05) is 24.4 Å². The predicted molar refractivity (Wildman–Crippen MR) is 118 cm³/mol. The zero-order valence-electron chi connectivity index (χ0n) is 18.5. The van der Waals surface area contributed by atoms with Crippen molar-refractivity contribution in [1.82, 2.24) is 20.1 Å². The van der Waals surface area contributed by atoms with Gasteiger partial charge in [-0.05, 0) is 38.3 Å². The molecule has 8 nitrogen and oxygen atoms in total. The second kappa shape index (κ2) is 9.16. The Labute approximate surface area is 180 Å². The van der Waals surface area contributed by atoms with Crippen LogP contribution in [0.4, 0.5) is 0 Å². The van der Waals surface area contributed by atoms with Gasteiger partial charge in [-0.25, -0.2) is 0 Å². The standard InChI is InChI=1S/C23H28N4O4/c1-13-6-8-16(9-7-13)18(12-20(29)31-5)24-19(28)11-10-17-14(2)21-15(3)26-27(4)22(21)25-23(17)30/h6-9,18H,10-12H2,1-5H3,(H,24,28)(H,25,30)/t18-/m0/s1. The van der Waals surface area contributed by atoms with E-state index >= 15 is 0 Å². The third kappa shape index (κ3) is 4.84. The van der Waals surface area contributed by atoms with Crippen LogP contribution in [0.1, 0.15) is 46.8 Å². The fourth-order valence-electron chi connectivity index (χ4n) is 3.86. The molecule has 0 saturated carbocycles. The van der Waals surface area contributed by atoms with E-state index in [0.29, 0.717) is 11.2 Å². The lowest BCUT2D eigenvalue weighted by molar-refractivity contribution is -0.141. The second-order valence-corrected chi connectivity index (χ2v) is 7.80. The fraction of sp³-hybridized carbons (Fsp3) is 0.391. The summed E-state index contributed by atoms with van der Waals surface area (Å²) in [7, 11) is 3.10. The van der Waals surface area contributed by atoms with Crippen LogP contribution in [0.15, 0.2) is 29.1 Å². The number of hydrogen-bond donors (Lipinski definition) is 2. The van der Waals surface area contributed by atoms with Crippen molar-refractivity contribution in [3.63, 3.8) is 0 Å². The number of benzene rings is 1. The fourth-order valence-corrected chi connectivity index (χ4v) is 3.86. The third-order valence-electron chi connectivity index (χ3n) is 5.57. The van der Waals surface area contributed by atoms with Crippen molar-refractivity contribution < 1.29 is 14.3 Å². The smallest absolute Gasteiger partial charge is 0.307 e. The highest BCUT2D eigenvalue weighted by Crippen LogP contribution is 2.22.